The molecule has 0 aromatic rings. The van der Waals surface area contributed by atoms with Gasteiger partial charge in [0.15, 0.2) is 0 Å². The number of alkyl halides is 1. The van der Waals surface area contributed by atoms with Gasteiger partial charge in [-0.25, -0.2) is 22.1 Å². The monoisotopic (exact) mass is 392 g/mol. The Labute approximate surface area is 149 Å². The number of halogens is 2. The molecular formula is C14H18ClFN4O2S2. The normalized spacial score (nSPS) is 35.6. The van der Waals surface area contributed by atoms with Gasteiger partial charge in [-0.15, -0.1) is 23.4 Å². The fourth-order valence-electron chi connectivity index (χ4n) is 2.92. The lowest BCUT2D eigenvalue weighted by atomic mass is 9.97. The molecule has 2 unspecified atom stereocenters. The quantitative estimate of drug-likeness (QED) is 0.691. The number of hydrogen-bond acceptors (Lipinski definition) is 6. The van der Waals surface area contributed by atoms with Crippen molar-refractivity contribution in [3.05, 3.63) is 34.7 Å². The van der Waals surface area contributed by atoms with Gasteiger partial charge in [0, 0.05) is 24.7 Å². The van der Waals surface area contributed by atoms with Crippen molar-refractivity contribution in [2.45, 2.75) is 23.1 Å². The van der Waals surface area contributed by atoms with E-state index in [9.17, 15) is 12.8 Å². The topological polar surface area (TPSA) is 87.8 Å². The molecule has 0 spiro atoms. The van der Waals surface area contributed by atoms with E-state index in [1.165, 1.54) is 31.1 Å². The Morgan fingerprint density at radius 3 is 2.92 bits per heavy atom. The number of guanidine groups is 1. The Bertz CT molecular complexity index is 793. The van der Waals surface area contributed by atoms with Crippen LogP contribution in [0.2, 0.25) is 0 Å². The minimum Gasteiger partial charge on any atom is -0.384 e. The molecule has 0 saturated carbocycles. The summed E-state index contributed by atoms with van der Waals surface area (Å²) in [6.07, 6.45) is 4.58. The average Bonchev–Trinajstić information content (AvgIpc) is 2.87. The molecule has 3 heterocycles. The van der Waals surface area contributed by atoms with Gasteiger partial charge in [-0.1, -0.05) is 6.08 Å². The first-order valence-corrected chi connectivity index (χ1v) is 10.2. The molecule has 0 saturated heterocycles. The highest BCUT2D eigenvalue weighted by Gasteiger charge is 2.49. The predicted octanol–water partition coefficient (Wildman–Crippen LogP) is 1.28. The van der Waals surface area contributed by atoms with E-state index in [-0.39, 0.29) is 22.8 Å². The molecular weight excluding hydrogens is 375 g/mol. The molecule has 0 radical (unpaired) electrons. The van der Waals surface area contributed by atoms with E-state index in [1.807, 2.05) is 6.08 Å². The van der Waals surface area contributed by atoms with Gasteiger partial charge in [0.1, 0.15) is 5.83 Å². The average molecular weight is 393 g/mol. The lowest BCUT2D eigenvalue weighted by Gasteiger charge is -2.38. The van der Waals surface area contributed by atoms with Gasteiger partial charge in [-0.2, -0.15) is 0 Å². The van der Waals surface area contributed by atoms with Crippen molar-refractivity contribution >= 4 is 39.3 Å². The summed E-state index contributed by atoms with van der Waals surface area (Å²) in [6.45, 7) is 2.23. The molecule has 132 valence electrons. The predicted molar refractivity (Wildman–Crippen MR) is 96.0 cm³/mol. The summed E-state index contributed by atoms with van der Waals surface area (Å²) in [6, 6.07) is 0. The Morgan fingerprint density at radius 1 is 1.58 bits per heavy atom. The molecule has 0 fully saturated rings. The van der Waals surface area contributed by atoms with Gasteiger partial charge >= 0.3 is 0 Å². The summed E-state index contributed by atoms with van der Waals surface area (Å²) in [7, 11) is -2.16. The van der Waals surface area contributed by atoms with Crippen molar-refractivity contribution in [1.29, 1.82) is 0 Å². The molecule has 0 aromatic heterocycles. The van der Waals surface area contributed by atoms with Crippen molar-refractivity contribution < 1.29 is 12.8 Å². The molecule has 3 rings (SSSR count). The number of nitrogens with zero attached hydrogens (tertiary/aromatic N) is 2. The maximum atomic E-state index is 13.4. The number of thioether (sulfide) groups is 1. The van der Waals surface area contributed by atoms with E-state index >= 15 is 0 Å². The second-order valence-corrected chi connectivity index (χ2v) is 9.83. The van der Waals surface area contributed by atoms with Crippen LogP contribution >= 0.6 is 23.4 Å². The summed E-state index contributed by atoms with van der Waals surface area (Å²) < 4.78 is 39.1. The summed E-state index contributed by atoms with van der Waals surface area (Å²) in [5, 5.41) is 2.11. The fraction of sp³-hybridized carbons (Fsp3) is 0.500. The van der Waals surface area contributed by atoms with Crippen LogP contribution in [0.4, 0.5) is 4.39 Å². The van der Waals surface area contributed by atoms with Crippen molar-refractivity contribution in [3.8, 4) is 0 Å². The third-order valence-corrected chi connectivity index (χ3v) is 8.42. The highest BCUT2D eigenvalue weighted by atomic mass is 35.5. The molecule has 3 aliphatic rings. The first kappa shape index (κ1) is 17.6. The van der Waals surface area contributed by atoms with Crippen LogP contribution < -0.4 is 11.1 Å². The Kier molecular flexibility index (Phi) is 4.38. The molecule has 3 aliphatic heterocycles. The first-order chi connectivity index (χ1) is 11.1. The number of aliphatic imine (C=N–C) groups is 1. The van der Waals surface area contributed by atoms with Gasteiger partial charge in [0.2, 0.25) is 16.0 Å². The van der Waals surface area contributed by atoms with Crippen LogP contribution in [-0.2, 0) is 10.0 Å². The SMILES string of the molecule is CN1C(N)=N[C@](C)(C2SC(C3=CC(F)=CNC3)=CC2Cl)CS1(=O)=O. The van der Waals surface area contributed by atoms with Crippen molar-refractivity contribution in [3.63, 3.8) is 0 Å². The third kappa shape index (κ3) is 3.04. The Hall–Kier alpha value is -1.19. The molecule has 24 heavy (non-hydrogen) atoms. The van der Waals surface area contributed by atoms with E-state index in [0.29, 0.717) is 6.54 Å². The molecule has 10 heteroatoms. The van der Waals surface area contributed by atoms with Crippen molar-refractivity contribution in [1.82, 2.24) is 9.62 Å². The zero-order chi connectivity index (χ0) is 17.7. The van der Waals surface area contributed by atoms with Gasteiger partial charge in [-0.05, 0) is 18.6 Å². The lowest BCUT2D eigenvalue weighted by molar-refractivity contribution is 0.454. The number of rotatable bonds is 2. The van der Waals surface area contributed by atoms with Crippen LogP contribution in [0.3, 0.4) is 0 Å². The molecule has 0 amide bonds. The number of nitrogens with one attached hydrogen (secondary N) is 1. The van der Waals surface area contributed by atoms with Gasteiger partial charge < -0.3 is 11.1 Å². The zero-order valence-electron chi connectivity index (χ0n) is 13.2. The minimum atomic E-state index is -3.54. The van der Waals surface area contributed by atoms with Gasteiger partial charge in [-0.3, -0.25) is 0 Å². The van der Waals surface area contributed by atoms with Crippen LogP contribution in [0.1, 0.15) is 6.92 Å². The second kappa shape index (κ2) is 5.96. The van der Waals surface area contributed by atoms with Crippen LogP contribution in [0.25, 0.3) is 0 Å². The standard InChI is InChI=1S/C14H18ClFN4O2S2/c1-14(7-24(21,22)20(2)13(17)19-14)12-10(15)4-11(23-12)8-3-9(16)6-18-5-8/h3-4,6,10,12,18H,5,7H2,1-2H3,(H2,17,19)/t10?,12?,14-/m0/s1. The van der Waals surface area contributed by atoms with Crippen molar-refractivity contribution in [2.75, 3.05) is 19.3 Å². The molecule has 0 bridgehead atoms. The largest absolute Gasteiger partial charge is 0.384 e. The van der Waals surface area contributed by atoms with E-state index in [1.54, 1.807) is 6.92 Å². The number of hydrogen-bond donors (Lipinski definition) is 2. The first-order valence-electron chi connectivity index (χ1n) is 7.27. The van der Waals surface area contributed by atoms with Gasteiger partial charge in [0.25, 0.3) is 0 Å². The summed E-state index contributed by atoms with van der Waals surface area (Å²) in [5.74, 6) is -0.582. The Balaban J connectivity index is 1.89. The highest BCUT2D eigenvalue weighted by molar-refractivity contribution is 8.04. The number of sulfonamides is 1. The van der Waals surface area contributed by atoms with E-state index in [0.717, 1.165) is 14.8 Å². The van der Waals surface area contributed by atoms with Crippen LogP contribution in [0.15, 0.2) is 39.6 Å². The maximum absolute atomic E-state index is 13.4. The van der Waals surface area contributed by atoms with E-state index in [4.69, 9.17) is 17.3 Å². The van der Waals surface area contributed by atoms with Crippen molar-refractivity contribution in [2.24, 2.45) is 10.7 Å². The molecule has 0 aromatic carbocycles. The third-order valence-electron chi connectivity index (χ3n) is 4.21. The summed E-state index contributed by atoms with van der Waals surface area (Å²) in [5.41, 5.74) is 5.61. The van der Waals surface area contributed by atoms with Crippen LogP contribution in [0.5, 0.6) is 0 Å². The van der Waals surface area contributed by atoms with Gasteiger partial charge in [0.05, 0.1) is 21.9 Å². The number of allylic oxidation sites excluding steroid dienone is 3. The molecule has 0 aliphatic carbocycles. The van der Waals surface area contributed by atoms with E-state index < -0.39 is 20.9 Å². The Morgan fingerprint density at radius 2 is 2.29 bits per heavy atom. The van der Waals surface area contributed by atoms with E-state index in [2.05, 4.69) is 10.3 Å². The number of dihydropyridines is 1. The minimum absolute atomic E-state index is 0.0470. The maximum Gasteiger partial charge on any atom is 0.239 e. The second-order valence-electron chi connectivity index (χ2n) is 6.14. The zero-order valence-corrected chi connectivity index (χ0v) is 15.6. The molecule has 3 atom stereocenters. The highest BCUT2D eigenvalue weighted by Crippen LogP contribution is 2.47. The summed E-state index contributed by atoms with van der Waals surface area (Å²) in [4.78, 5) is 5.24. The number of nitrogens with two attached hydrogens (primary N) is 1. The summed E-state index contributed by atoms with van der Waals surface area (Å²) >= 11 is 7.88. The van der Waals surface area contributed by atoms with Crippen LogP contribution in [-0.4, -0.2) is 54.2 Å². The lowest BCUT2D eigenvalue weighted by Crippen LogP contribution is -2.56. The smallest absolute Gasteiger partial charge is 0.239 e. The fourth-order valence-corrected chi connectivity index (χ4v) is 6.53. The molecule has 3 N–H and O–H groups in total. The van der Waals surface area contributed by atoms with Crippen LogP contribution in [0, 0.1) is 0 Å². The molecule has 6 nitrogen and oxygen atoms in total.